The summed E-state index contributed by atoms with van der Waals surface area (Å²) in [6.07, 6.45) is 10.2. The summed E-state index contributed by atoms with van der Waals surface area (Å²) in [5, 5.41) is 34.6. The van der Waals surface area contributed by atoms with Crippen molar-refractivity contribution in [3.8, 4) is 0 Å². The fourth-order valence-electron chi connectivity index (χ4n) is 12.0. The van der Waals surface area contributed by atoms with Crippen LogP contribution in [0.4, 0.5) is 0 Å². The highest BCUT2D eigenvalue weighted by molar-refractivity contribution is 5.88. The first-order valence-corrected chi connectivity index (χ1v) is 18.1. The minimum atomic E-state index is -1.25. The summed E-state index contributed by atoms with van der Waals surface area (Å²) in [5.41, 5.74) is -0.222. The summed E-state index contributed by atoms with van der Waals surface area (Å²) >= 11 is 0. The maximum absolute atomic E-state index is 13.5. The predicted molar refractivity (Wildman–Crippen MR) is 183 cm³/mol. The maximum Gasteiger partial charge on any atom is 0.333 e. The second-order valence-corrected chi connectivity index (χ2v) is 17.8. The van der Waals surface area contributed by atoms with Crippen LogP contribution in [0.15, 0.2) is 34.9 Å². The fourth-order valence-corrected chi connectivity index (χ4v) is 12.0. The van der Waals surface area contributed by atoms with Crippen molar-refractivity contribution >= 4 is 11.9 Å². The molecule has 0 amide bonds. The molecule has 0 saturated heterocycles. The fraction of sp³-hybridized carbons (Fsp3) is 0.800. The number of aliphatic hydroxyl groups excluding tert-OH is 3. The Balaban J connectivity index is 1.65. The number of carbonyl (C=O) groups excluding carboxylic acids is 2. The van der Waals surface area contributed by atoms with Crippen molar-refractivity contribution in [2.24, 2.45) is 50.2 Å². The van der Waals surface area contributed by atoms with Crippen LogP contribution >= 0.6 is 0 Å². The predicted octanol–water partition coefficient (Wildman–Crippen LogP) is 7.09. The monoisotopic (exact) mass is 654 g/mol. The zero-order valence-corrected chi connectivity index (χ0v) is 30.7. The van der Waals surface area contributed by atoms with Gasteiger partial charge in [-0.25, -0.2) is 9.59 Å². The van der Waals surface area contributed by atoms with Gasteiger partial charge in [-0.15, -0.1) is 0 Å². The van der Waals surface area contributed by atoms with Crippen LogP contribution in [-0.2, 0) is 19.1 Å². The van der Waals surface area contributed by atoms with E-state index in [1.807, 2.05) is 0 Å². The van der Waals surface area contributed by atoms with Crippen LogP contribution in [0.3, 0.4) is 0 Å². The van der Waals surface area contributed by atoms with Gasteiger partial charge in [-0.05, 0) is 112 Å². The number of hydrogen-bond donors (Lipinski definition) is 3. The molecule has 5 rings (SSSR count). The summed E-state index contributed by atoms with van der Waals surface area (Å²) in [7, 11) is 0. The van der Waals surface area contributed by atoms with Gasteiger partial charge in [-0.1, -0.05) is 71.8 Å². The maximum atomic E-state index is 13.5. The van der Waals surface area contributed by atoms with Crippen LogP contribution in [0.1, 0.15) is 121 Å². The number of esters is 2. The molecule has 0 aromatic carbocycles. The molecule has 0 aromatic heterocycles. The zero-order valence-electron chi connectivity index (χ0n) is 30.7. The number of allylic oxidation sites excluding steroid dienone is 4. The molecule has 0 bridgehead atoms. The third-order valence-corrected chi connectivity index (χ3v) is 15.3. The Labute approximate surface area is 283 Å². The molecule has 3 unspecified atom stereocenters. The average molecular weight is 655 g/mol. The highest BCUT2D eigenvalue weighted by Gasteiger charge is 2.73. The second kappa shape index (κ2) is 12.1. The summed E-state index contributed by atoms with van der Waals surface area (Å²) < 4.78 is 12.5. The van der Waals surface area contributed by atoms with E-state index in [-0.39, 0.29) is 34.2 Å². The van der Waals surface area contributed by atoms with Crippen LogP contribution in [0, 0.1) is 50.2 Å². The number of ether oxygens (including phenoxy) is 2. The lowest BCUT2D eigenvalue weighted by molar-refractivity contribution is -0.264. The lowest BCUT2D eigenvalue weighted by Crippen LogP contribution is -2.72. The van der Waals surface area contributed by atoms with Crippen molar-refractivity contribution in [3.63, 3.8) is 0 Å². The van der Waals surface area contributed by atoms with Gasteiger partial charge in [0.1, 0.15) is 6.10 Å². The molecule has 4 saturated carbocycles. The van der Waals surface area contributed by atoms with E-state index < -0.39 is 47.7 Å². The Bertz CT molecular complexity index is 1360. The topological polar surface area (TPSA) is 113 Å². The average Bonchev–Trinajstić information content (AvgIpc) is 3.01. The molecule has 4 fully saturated rings. The number of fused-ring (bicyclic) bond motifs is 7. The minimum Gasteiger partial charge on any atom is -0.454 e. The Morgan fingerprint density at radius 1 is 0.851 bits per heavy atom. The van der Waals surface area contributed by atoms with Crippen molar-refractivity contribution < 1.29 is 34.4 Å². The van der Waals surface area contributed by atoms with Crippen molar-refractivity contribution in [2.45, 2.75) is 139 Å². The van der Waals surface area contributed by atoms with Gasteiger partial charge in [0.15, 0.2) is 6.10 Å². The summed E-state index contributed by atoms with van der Waals surface area (Å²) in [6, 6.07) is 0. The summed E-state index contributed by atoms with van der Waals surface area (Å²) in [4.78, 5) is 26.8. The molecule has 0 aliphatic heterocycles. The first kappa shape index (κ1) is 36.3. The normalized spacial score (nSPS) is 46.2. The van der Waals surface area contributed by atoms with Crippen molar-refractivity contribution in [3.05, 3.63) is 34.9 Å². The van der Waals surface area contributed by atoms with Crippen LogP contribution in [0.5, 0.6) is 0 Å². The van der Waals surface area contributed by atoms with Gasteiger partial charge in [0.05, 0.1) is 18.1 Å². The van der Waals surface area contributed by atoms with Gasteiger partial charge < -0.3 is 24.8 Å². The Morgan fingerprint density at radius 3 is 2.00 bits per heavy atom. The molecule has 0 heterocycles. The van der Waals surface area contributed by atoms with Gasteiger partial charge in [-0.2, -0.15) is 0 Å². The molecule has 7 nitrogen and oxygen atoms in total. The standard InChI is InChI=1S/C40H62O7/c1-11-24(3)33(44)46-31-32(47-34(45)25(4)12-2)40(23-42)27(20-35(31,5)6)26-14-15-29-37(8)18-13-17-36(7,22-41)28(37)16-19-38(29,9)39(26,10)21-30(40)43/h11-12,14,27-32,41-43H,13,15-23H2,1-10H3/b24-11-,25-12-/t27?,28?,29?,30-,31+,32+,36-,37+,38-,39-,40+/m1/s1. The number of aliphatic hydroxyl groups is 3. The smallest absolute Gasteiger partial charge is 0.333 e. The molecule has 5 aliphatic rings. The molecule has 0 radical (unpaired) electrons. The first-order valence-electron chi connectivity index (χ1n) is 18.1. The first-order chi connectivity index (χ1) is 21.9. The Hall–Kier alpha value is -1.96. The lowest BCUT2D eigenvalue weighted by atomic mass is 9.33. The van der Waals surface area contributed by atoms with E-state index in [4.69, 9.17) is 9.47 Å². The van der Waals surface area contributed by atoms with Crippen molar-refractivity contribution in [1.29, 1.82) is 0 Å². The zero-order chi connectivity index (χ0) is 35.0. The molecule has 11 atom stereocenters. The summed E-state index contributed by atoms with van der Waals surface area (Å²) in [6.45, 7) is 20.4. The van der Waals surface area contributed by atoms with Gasteiger partial charge in [-0.3, -0.25) is 0 Å². The van der Waals surface area contributed by atoms with Gasteiger partial charge in [0.25, 0.3) is 0 Å². The van der Waals surface area contributed by atoms with Crippen LogP contribution in [0.25, 0.3) is 0 Å². The highest BCUT2D eigenvalue weighted by atomic mass is 16.6. The van der Waals surface area contributed by atoms with E-state index in [0.29, 0.717) is 35.8 Å². The summed E-state index contributed by atoms with van der Waals surface area (Å²) in [5.74, 6) is -0.474. The number of rotatable bonds is 6. The number of carbonyl (C=O) groups is 2. The van der Waals surface area contributed by atoms with Gasteiger partial charge in [0.2, 0.25) is 0 Å². The minimum absolute atomic E-state index is 0.0715. The third kappa shape index (κ3) is 5.06. The van der Waals surface area contributed by atoms with Crippen molar-refractivity contribution in [1.82, 2.24) is 0 Å². The number of hydrogen-bond acceptors (Lipinski definition) is 7. The second-order valence-electron chi connectivity index (χ2n) is 17.8. The van der Waals surface area contributed by atoms with E-state index in [0.717, 1.165) is 38.5 Å². The lowest BCUT2D eigenvalue weighted by Gasteiger charge is -2.72. The van der Waals surface area contributed by atoms with Crippen LogP contribution in [0.2, 0.25) is 0 Å². The quantitative estimate of drug-likeness (QED) is 0.159. The molecule has 3 N–H and O–H groups in total. The largest absolute Gasteiger partial charge is 0.454 e. The molecule has 264 valence electrons. The molecule has 5 aliphatic carbocycles. The third-order valence-electron chi connectivity index (χ3n) is 15.3. The SMILES string of the molecule is C/C=C(/C)C(=O)O[C@H]1[C@H](OC(=O)/C(C)=C\C)[C@@]2(CO)C(CC1(C)C)C1=CCC3[C@@]4(C)CCC[C@](C)(CO)C4CC[C@@]3(C)[C@]1(C)C[C@H]2O. The van der Waals surface area contributed by atoms with Gasteiger partial charge >= 0.3 is 11.9 Å². The van der Waals surface area contributed by atoms with E-state index in [1.54, 1.807) is 39.8 Å². The van der Waals surface area contributed by atoms with Gasteiger partial charge in [0, 0.05) is 23.2 Å². The van der Waals surface area contributed by atoms with Crippen LogP contribution < -0.4 is 0 Å². The Kier molecular flexibility index (Phi) is 9.37. The molecular formula is C40H62O7. The van der Waals surface area contributed by atoms with E-state index in [1.165, 1.54) is 5.57 Å². The molecule has 0 aromatic rings. The van der Waals surface area contributed by atoms with E-state index in [2.05, 4.69) is 47.6 Å². The van der Waals surface area contributed by atoms with E-state index >= 15 is 0 Å². The highest BCUT2D eigenvalue weighted by Crippen LogP contribution is 2.76. The van der Waals surface area contributed by atoms with Crippen molar-refractivity contribution in [2.75, 3.05) is 13.2 Å². The molecule has 0 spiro atoms. The molecule has 7 heteroatoms. The van der Waals surface area contributed by atoms with E-state index in [9.17, 15) is 24.9 Å². The molecule has 47 heavy (non-hydrogen) atoms. The molecular weight excluding hydrogens is 592 g/mol. The van der Waals surface area contributed by atoms with Crippen LogP contribution in [-0.4, -0.2) is 58.8 Å². The Morgan fingerprint density at radius 2 is 1.45 bits per heavy atom.